The molecule has 1 amide bonds. The maximum atomic E-state index is 12.6. The fourth-order valence-electron chi connectivity index (χ4n) is 3.12. The Balaban J connectivity index is 1.98. The molecular weight excluding hydrogens is 260 g/mol. The Kier molecular flexibility index (Phi) is 4.99. The molecule has 0 radical (unpaired) electrons. The van der Waals surface area contributed by atoms with Crippen molar-refractivity contribution in [1.29, 1.82) is 0 Å². The van der Waals surface area contributed by atoms with E-state index in [1.165, 1.54) is 0 Å². The van der Waals surface area contributed by atoms with E-state index < -0.39 is 11.9 Å². The van der Waals surface area contributed by atoms with Crippen LogP contribution in [0.2, 0.25) is 0 Å². The summed E-state index contributed by atoms with van der Waals surface area (Å²) in [6, 6.07) is -0.175. The molecule has 0 aromatic rings. The van der Waals surface area contributed by atoms with E-state index in [0.717, 1.165) is 13.0 Å². The molecule has 2 fully saturated rings. The predicted molar refractivity (Wildman–Crippen MR) is 73.3 cm³/mol. The highest BCUT2D eigenvalue weighted by molar-refractivity contribution is 5.82. The van der Waals surface area contributed by atoms with Crippen LogP contribution < -0.4 is 5.32 Å². The number of ether oxygens (including phenoxy) is 1. The Morgan fingerprint density at radius 2 is 2.10 bits per heavy atom. The number of nitrogens with zero attached hydrogens (tertiary/aromatic N) is 1. The smallest absolute Gasteiger partial charge is 0.308 e. The lowest BCUT2D eigenvalue weighted by atomic mass is 9.99. The number of likely N-dealkylation sites (tertiary alicyclic amines) is 1. The van der Waals surface area contributed by atoms with E-state index in [1.54, 1.807) is 4.90 Å². The van der Waals surface area contributed by atoms with Crippen LogP contribution in [0.3, 0.4) is 0 Å². The molecule has 0 saturated carbocycles. The van der Waals surface area contributed by atoms with E-state index in [-0.39, 0.29) is 23.9 Å². The van der Waals surface area contributed by atoms with Gasteiger partial charge in [0, 0.05) is 18.6 Å². The van der Waals surface area contributed by atoms with Crippen LogP contribution in [0, 0.1) is 11.8 Å². The van der Waals surface area contributed by atoms with Crippen molar-refractivity contribution in [2.45, 2.75) is 38.8 Å². The van der Waals surface area contributed by atoms with Crippen LogP contribution in [0.1, 0.15) is 26.7 Å². The van der Waals surface area contributed by atoms with Gasteiger partial charge in [0.2, 0.25) is 5.91 Å². The fourth-order valence-corrected chi connectivity index (χ4v) is 3.12. The minimum Gasteiger partial charge on any atom is -0.481 e. The summed E-state index contributed by atoms with van der Waals surface area (Å²) in [6.07, 6.45) is 1.56. The fraction of sp³-hybridized carbons (Fsp3) is 0.857. The van der Waals surface area contributed by atoms with Crippen molar-refractivity contribution in [3.8, 4) is 0 Å². The molecule has 2 aliphatic rings. The average molecular weight is 284 g/mol. The zero-order valence-corrected chi connectivity index (χ0v) is 12.2. The lowest BCUT2D eigenvalue weighted by Crippen LogP contribution is -2.48. The molecule has 6 heteroatoms. The largest absolute Gasteiger partial charge is 0.481 e. The summed E-state index contributed by atoms with van der Waals surface area (Å²) in [5.74, 6) is -1.40. The minimum atomic E-state index is -0.809. The lowest BCUT2D eigenvalue weighted by Gasteiger charge is -2.28. The van der Waals surface area contributed by atoms with E-state index in [0.29, 0.717) is 26.2 Å². The van der Waals surface area contributed by atoms with Gasteiger partial charge in [0.1, 0.15) is 0 Å². The molecule has 2 rings (SSSR count). The van der Waals surface area contributed by atoms with Crippen LogP contribution in [0.5, 0.6) is 0 Å². The van der Waals surface area contributed by atoms with Gasteiger partial charge < -0.3 is 20.1 Å². The van der Waals surface area contributed by atoms with Crippen molar-refractivity contribution in [2.24, 2.45) is 11.8 Å². The van der Waals surface area contributed by atoms with E-state index in [1.807, 2.05) is 6.92 Å². The molecule has 6 nitrogen and oxygen atoms in total. The second-order valence-corrected chi connectivity index (χ2v) is 5.71. The highest BCUT2D eigenvalue weighted by atomic mass is 16.5. The first-order chi connectivity index (χ1) is 9.56. The summed E-state index contributed by atoms with van der Waals surface area (Å²) in [5.41, 5.74) is 0. The molecule has 114 valence electrons. The first kappa shape index (κ1) is 15.3. The Morgan fingerprint density at radius 3 is 2.70 bits per heavy atom. The second-order valence-electron chi connectivity index (χ2n) is 5.71. The first-order valence-electron chi connectivity index (χ1n) is 7.40. The Hall–Kier alpha value is -1.14. The van der Waals surface area contributed by atoms with Crippen molar-refractivity contribution in [3.05, 3.63) is 0 Å². The van der Waals surface area contributed by atoms with Gasteiger partial charge >= 0.3 is 5.97 Å². The summed E-state index contributed by atoms with van der Waals surface area (Å²) in [6.45, 7) is 6.30. The van der Waals surface area contributed by atoms with Gasteiger partial charge in [0.05, 0.1) is 25.0 Å². The summed E-state index contributed by atoms with van der Waals surface area (Å²) in [4.78, 5) is 25.5. The quantitative estimate of drug-likeness (QED) is 0.760. The lowest BCUT2D eigenvalue weighted by molar-refractivity contribution is -0.143. The number of nitrogens with one attached hydrogen (secondary N) is 1. The summed E-state index contributed by atoms with van der Waals surface area (Å²) in [5, 5.41) is 12.5. The average Bonchev–Trinajstić information content (AvgIpc) is 3.01. The summed E-state index contributed by atoms with van der Waals surface area (Å²) in [7, 11) is 0. The monoisotopic (exact) mass is 284 g/mol. The number of hydrogen-bond acceptors (Lipinski definition) is 4. The van der Waals surface area contributed by atoms with Gasteiger partial charge in [-0.3, -0.25) is 9.59 Å². The molecule has 0 aromatic heterocycles. The molecule has 2 N–H and O–H groups in total. The summed E-state index contributed by atoms with van der Waals surface area (Å²) >= 11 is 0. The van der Waals surface area contributed by atoms with E-state index in [4.69, 9.17) is 9.84 Å². The van der Waals surface area contributed by atoms with Gasteiger partial charge in [0.15, 0.2) is 0 Å². The van der Waals surface area contributed by atoms with Crippen molar-refractivity contribution >= 4 is 11.9 Å². The molecule has 0 spiro atoms. The third kappa shape index (κ3) is 2.96. The van der Waals surface area contributed by atoms with Gasteiger partial charge in [-0.05, 0) is 26.3 Å². The molecule has 0 aromatic carbocycles. The second kappa shape index (κ2) is 6.54. The minimum absolute atomic E-state index is 0.0346. The van der Waals surface area contributed by atoms with Gasteiger partial charge in [-0.25, -0.2) is 0 Å². The Morgan fingerprint density at radius 1 is 1.35 bits per heavy atom. The van der Waals surface area contributed by atoms with Crippen LogP contribution in [0.15, 0.2) is 0 Å². The van der Waals surface area contributed by atoms with Crippen molar-refractivity contribution in [3.63, 3.8) is 0 Å². The van der Waals surface area contributed by atoms with E-state index in [2.05, 4.69) is 12.2 Å². The van der Waals surface area contributed by atoms with Crippen molar-refractivity contribution < 1.29 is 19.4 Å². The number of aliphatic carboxylic acids is 1. The van der Waals surface area contributed by atoms with Crippen LogP contribution in [-0.2, 0) is 14.3 Å². The number of carboxylic acids is 1. The molecule has 20 heavy (non-hydrogen) atoms. The van der Waals surface area contributed by atoms with Crippen LogP contribution in [0.4, 0.5) is 0 Å². The molecule has 2 aliphatic heterocycles. The number of carbonyl (C=O) groups excluding carboxylic acids is 1. The van der Waals surface area contributed by atoms with Gasteiger partial charge in [-0.1, -0.05) is 6.92 Å². The number of carbonyl (C=O) groups is 2. The van der Waals surface area contributed by atoms with Gasteiger partial charge in [-0.2, -0.15) is 0 Å². The predicted octanol–water partition coefficient (Wildman–Crippen LogP) is 0.323. The molecule has 2 heterocycles. The number of rotatable bonds is 5. The van der Waals surface area contributed by atoms with Gasteiger partial charge in [-0.15, -0.1) is 0 Å². The topological polar surface area (TPSA) is 78.9 Å². The molecule has 0 aliphatic carbocycles. The van der Waals surface area contributed by atoms with Crippen LogP contribution in [0.25, 0.3) is 0 Å². The summed E-state index contributed by atoms with van der Waals surface area (Å²) < 4.78 is 5.43. The van der Waals surface area contributed by atoms with Crippen LogP contribution >= 0.6 is 0 Å². The van der Waals surface area contributed by atoms with Crippen molar-refractivity contribution in [1.82, 2.24) is 10.2 Å². The molecular formula is C14H24N2O4. The van der Waals surface area contributed by atoms with Crippen LogP contribution in [-0.4, -0.2) is 60.3 Å². The SMILES string of the molecule is CCCNC1COCC1C(=O)N1CCC(C(=O)O)C1C. The maximum absolute atomic E-state index is 12.6. The number of amides is 1. The molecule has 0 bridgehead atoms. The normalized spacial score (nSPS) is 33.6. The standard InChI is InChI=1S/C14H24N2O4/c1-3-5-15-12-8-20-7-11(12)13(17)16-6-4-10(9(16)2)14(18)19/h9-12,15H,3-8H2,1-2H3,(H,18,19). The number of hydrogen-bond donors (Lipinski definition) is 2. The Labute approximate surface area is 119 Å². The molecule has 4 atom stereocenters. The highest BCUT2D eigenvalue weighted by Gasteiger charge is 2.43. The zero-order chi connectivity index (χ0) is 14.7. The third-order valence-electron chi connectivity index (χ3n) is 4.41. The number of carboxylic acid groups (broad SMARTS) is 1. The zero-order valence-electron chi connectivity index (χ0n) is 12.2. The maximum Gasteiger partial charge on any atom is 0.308 e. The highest BCUT2D eigenvalue weighted by Crippen LogP contribution is 2.28. The molecule has 4 unspecified atom stereocenters. The van der Waals surface area contributed by atoms with E-state index in [9.17, 15) is 9.59 Å². The molecule has 2 saturated heterocycles. The van der Waals surface area contributed by atoms with Crippen molar-refractivity contribution in [2.75, 3.05) is 26.3 Å². The first-order valence-corrected chi connectivity index (χ1v) is 7.40. The third-order valence-corrected chi connectivity index (χ3v) is 4.41. The van der Waals surface area contributed by atoms with Gasteiger partial charge in [0.25, 0.3) is 0 Å². The van der Waals surface area contributed by atoms with E-state index >= 15 is 0 Å². The Bertz CT molecular complexity index is 374.